The number of hydrogen-bond acceptors (Lipinski definition) is 3. The van der Waals surface area contributed by atoms with Gasteiger partial charge in [0.25, 0.3) is 0 Å². The van der Waals surface area contributed by atoms with E-state index in [0.717, 1.165) is 39.3 Å². The SMILES string of the molecule is c1ccc(C2=N[C@]3(c4ccccc4-c4nc5ccccc5nc43)[C@]3(c4ccccc4)[C@@H](c4ccccc4)[C@]23c2ccccc2)cc1. The molecule has 1 aromatic heterocycles. The van der Waals surface area contributed by atoms with E-state index in [1.54, 1.807) is 0 Å². The third kappa shape index (κ3) is 2.92. The summed E-state index contributed by atoms with van der Waals surface area (Å²) in [5, 5.41) is 0. The highest BCUT2D eigenvalue weighted by Gasteiger charge is 2.91. The summed E-state index contributed by atoms with van der Waals surface area (Å²) in [7, 11) is 0. The van der Waals surface area contributed by atoms with Crippen LogP contribution >= 0.6 is 0 Å². The minimum atomic E-state index is -0.834. The van der Waals surface area contributed by atoms with Crippen molar-refractivity contribution in [3.63, 3.8) is 0 Å². The summed E-state index contributed by atoms with van der Waals surface area (Å²) in [6, 6.07) is 61.1. The van der Waals surface area contributed by atoms with Crippen molar-refractivity contribution in [3.05, 3.63) is 203 Å². The van der Waals surface area contributed by atoms with E-state index in [0.29, 0.717) is 0 Å². The third-order valence-corrected chi connectivity index (χ3v) is 10.8. The van der Waals surface area contributed by atoms with Gasteiger partial charge in [-0.3, -0.25) is 4.99 Å². The molecule has 2 aliphatic carbocycles. The van der Waals surface area contributed by atoms with Crippen LogP contribution in [0.5, 0.6) is 0 Å². The second-order valence-corrected chi connectivity index (χ2v) is 12.7. The molecule has 0 unspecified atom stereocenters. The molecule has 1 fully saturated rings. The number of rotatable bonds is 4. The van der Waals surface area contributed by atoms with E-state index in [9.17, 15) is 0 Å². The smallest absolute Gasteiger partial charge is 0.142 e. The summed E-state index contributed by atoms with van der Waals surface area (Å²) in [4.78, 5) is 17.0. The molecule has 0 amide bonds. The van der Waals surface area contributed by atoms with Gasteiger partial charge in [0.1, 0.15) is 11.2 Å². The first kappa shape index (κ1) is 25.6. The molecule has 0 N–H and O–H groups in total. The number of benzene rings is 6. The van der Waals surface area contributed by atoms with Gasteiger partial charge in [-0.25, -0.2) is 9.97 Å². The second-order valence-electron chi connectivity index (χ2n) is 12.7. The molecule has 3 nitrogen and oxygen atoms in total. The number of nitrogens with zero attached hydrogens (tertiary/aromatic N) is 3. The van der Waals surface area contributed by atoms with Crippen LogP contribution in [0.1, 0.15) is 39.4 Å². The molecule has 1 aliphatic heterocycles. The van der Waals surface area contributed by atoms with Gasteiger partial charge < -0.3 is 0 Å². The molecule has 2 heterocycles. The van der Waals surface area contributed by atoms with Crippen molar-refractivity contribution in [2.75, 3.05) is 0 Å². The van der Waals surface area contributed by atoms with Gasteiger partial charge in [0, 0.05) is 11.5 Å². The Bertz CT molecular complexity index is 2320. The summed E-state index contributed by atoms with van der Waals surface area (Å²) >= 11 is 0. The summed E-state index contributed by atoms with van der Waals surface area (Å²) in [6.45, 7) is 0. The molecule has 7 aromatic rings. The minimum Gasteiger partial charge on any atom is -0.269 e. The van der Waals surface area contributed by atoms with Crippen LogP contribution in [0.2, 0.25) is 0 Å². The largest absolute Gasteiger partial charge is 0.269 e. The Morgan fingerprint density at radius 3 is 1.72 bits per heavy atom. The topological polar surface area (TPSA) is 38.1 Å². The number of aromatic nitrogens is 2. The maximum atomic E-state index is 6.10. The average molecular weight is 588 g/mol. The first-order valence-electron chi connectivity index (χ1n) is 16.0. The standard InChI is InChI=1S/C43H29N3/c1-5-17-29(18-6-1)38-41(31-21-9-3-10-22-31)39(30-19-7-2-8-20-30)46-43(42(38,41)32-23-11-4-12-24-32)34-26-14-13-25-33(34)37-40(43)45-36-28-16-15-27-35(36)44-37/h1-28,38H/t38-,41+,42+,43-/m0/s1. The minimum absolute atomic E-state index is 0.0750. The first-order valence-corrected chi connectivity index (χ1v) is 16.0. The molecular weight excluding hydrogens is 558 g/mol. The van der Waals surface area contributed by atoms with E-state index >= 15 is 0 Å². The zero-order chi connectivity index (χ0) is 30.3. The summed E-state index contributed by atoms with van der Waals surface area (Å²) in [5.41, 5.74) is 10.2. The highest BCUT2D eigenvalue weighted by molar-refractivity contribution is 6.18. The van der Waals surface area contributed by atoms with E-state index in [1.807, 2.05) is 6.07 Å². The molecule has 3 aliphatic rings. The fourth-order valence-corrected chi connectivity index (χ4v) is 9.29. The molecule has 10 rings (SSSR count). The van der Waals surface area contributed by atoms with Crippen LogP contribution in [0, 0.1) is 0 Å². The molecule has 46 heavy (non-hydrogen) atoms. The maximum absolute atomic E-state index is 6.10. The summed E-state index contributed by atoms with van der Waals surface area (Å²) in [6.07, 6.45) is 0. The van der Waals surface area contributed by atoms with Crippen molar-refractivity contribution in [2.24, 2.45) is 4.99 Å². The highest BCUT2D eigenvalue weighted by Crippen LogP contribution is 2.87. The van der Waals surface area contributed by atoms with Gasteiger partial charge in [-0.1, -0.05) is 158 Å². The molecule has 1 saturated carbocycles. The van der Waals surface area contributed by atoms with Gasteiger partial charge in [-0.05, 0) is 39.9 Å². The normalized spacial score (nSPS) is 25.1. The first-order chi connectivity index (χ1) is 22.8. The van der Waals surface area contributed by atoms with E-state index in [1.165, 1.54) is 22.3 Å². The van der Waals surface area contributed by atoms with Crippen molar-refractivity contribution in [2.45, 2.75) is 22.3 Å². The zero-order valence-corrected chi connectivity index (χ0v) is 25.1. The Morgan fingerprint density at radius 1 is 0.478 bits per heavy atom. The van der Waals surface area contributed by atoms with Gasteiger partial charge in [0.05, 0.1) is 33.3 Å². The molecular formula is C43H29N3. The number of fused-ring (bicyclic) bond motifs is 8. The van der Waals surface area contributed by atoms with Crippen LogP contribution in [-0.2, 0) is 16.4 Å². The van der Waals surface area contributed by atoms with E-state index in [4.69, 9.17) is 15.0 Å². The number of para-hydroxylation sites is 2. The zero-order valence-electron chi connectivity index (χ0n) is 25.1. The molecule has 4 atom stereocenters. The Balaban J connectivity index is 1.45. The Labute approximate surface area is 268 Å². The van der Waals surface area contributed by atoms with Crippen molar-refractivity contribution in [1.29, 1.82) is 0 Å². The van der Waals surface area contributed by atoms with Gasteiger partial charge in [-0.2, -0.15) is 0 Å². The average Bonchev–Trinajstić information content (AvgIpc) is 3.58. The second kappa shape index (κ2) is 9.18. The lowest BCUT2D eigenvalue weighted by atomic mass is 9.67. The van der Waals surface area contributed by atoms with Crippen LogP contribution in [0.3, 0.4) is 0 Å². The molecule has 0 bridgehead atoms. The maximum Gasteiger partial charge on any atom is 0.142 e. The molecule has 1 spiro atoms. The van der Waals surface area contributed by atoms with E-state index in [2.05, 4.69) is 164 Å². The summed E-state index contributed by atoms with van der Waals surface area (Å²) in [5.74, 6) is 0.0750. The summed E-state index contributed by atoms with van der Waals surface area (Å²) < 4.78 is 0. The van der Waals surface area contributed by atoms with Crippen LogP contribution < -0.4 is 0 Å². The molecule has 6 aromatic carbocycles. The lowest BCUT2D eigenvalue weighted by molar-refractivity contribution is 0.398. The van der Waals surface area contributed by atoms with E-state index in [-0.39, 0.29) is 5.92 Å². The van der Waals surface area contributed by atoms with Crippen LogP contribution in [0.4, 0.5) is 0 Å². The van der Waals surface area contributed by atoms with Gasteiger partial charge in [0.2, 0.25) is 0 Å². The molecule has 3 heteroatoms. The van der Waals surface area contributed by atoms with Crippen molar-refractivity contribution >= 4 is 16.7 Å². The van der Waals surface area contributed by atoms with Gasteiger partial charge >= 0.3 is 0 Å². The lowest BCUT2D eigenvalue weighted by Crippen LogP contribution is -2.40. The number of hydrogen-bond donors (Lipinski definition) is 0. The predicted molar refractivity (Wildman–Crippen MR) is 184 cm³/mol. The Kier molecular flexibility index (Phi) is 5.12. The van der Waals surface area contributed by atoms with Crippen LogP contribution in [-0.4, -0.2) is 15.7 Å². The van der Waals surface area contributed by atoms with Crippen molar-refractivity contribution in [3.8, 4) is 11.3 Å². The molecule has 216 valence electrons. The molecule has 0 saturated heterocycles. The third-order valence-electron chi connectivity index (χ3n) is 10.8. The fraction of sp³-hybridized carbons (Fsp3) is 0.0930. The van der Waals surface area contributed by atoms with Crippen molar-refractivity contribution < 1.29 is 0 Å². The van der Waals surface area contributed by atoms with Gasteiger partial charge in [-0.15, -0.1) is 0 Å². The van der Waals surface area contributed by atoms with Crippen LogP contribution in [0.25, 0.3) is 22.3 Å². The Morgan fingerprint density at radius 2 is 1.02 bits per heavy atom. The highest BCUT2D eigenvalue weighted by atomic mass is 15.1. The predicted octanol–water partition coefficient (Wildman–Crippen LogP) is 9.03. The number of aliphatic imine (C=N–C) groups is 1. The fourth-order valence-electron chi connectivity index (χ4n) is 9.29. The quantitative estimate of drug-likeness (QED) is 0.206. The van der Waals surface area contributed by atoms with Crippen LogP contribution in [0.15, 0.2) is 175 Å². The molecule has 0 radical (unpaired) electrons. The lowest BCUT2D eigenvalue weighted by Gasteiger charge is -2.36. The monoisotopic (exact) mass is 587 g/mol. The van der Waals surface area contributed by atoms with E-state index < -0.39 is 16.4 Å². The van der Waals surface area contributed by atoms with Crippen molar-refractivity contribution in [1.82, 2.24) is 9.97 Å². The Hall–Kier alpha value is -5.67. The van der Waals surface area contributed by atoms with Gasteiger partial charge in [0.15, 0.2) is 0 Å².